The molecule has 6 heterocycles. The summed E-state index contributed by atoms with van der Waals surface area (Å²) in [7, 11) is 0. The molecule has 9 nitrogen and oxygen atoms in total. The van der Waals surface area contributed by atoms with Gasteiger partial charge >= 0.3 is 0 Å². The molecule has 0 spiro atoms. The van der Waals surface area contributed by atoms with Gasteiger partial charge in [0.1, 0.15) is 17.3 Å². The number of rotatable bonds is 6. The standard InChI is InChI=1S/C27H24N8OS/c1-14-5-8-21(37-14)18-9-10-29-25-22(18)32-26(33-25)24-23-20(34-35-24)7-6-19(31-23)16-11-17(13-28-12-16)30-27(36)15-3-2-4-15/h5-13,15,27,30,36H,2-4H2,1H3,(H,34,35)(H,29,32,33). The maximum atomic E-state index is 10.4. The Hall–Kier alpha value is -4.15. The summed E-state index contributed by atoms with van der Waals surface area (Å²) in [6.45, 7) is 2.10. The number of hydrogen-bond acceptors (Lipinski definition) is 8. The van der Waals surface area contributed by atoms with Gasteiger partial charge in [0.25, 0.3) is 0 Å². The molecular formula is C27H24N8OS. The van der Waals surface area contributed by atoms with Crippen LogP contribution in [-0.4, -0.2) is 46.5 Å². The minimum absolute atomic E-state index is 0.300. The van der Waals surface area contributed by atoms with Crippen LogP contribution in [0.15, 0.2) is 55.0 Å². The molecule has 0 bridgehead atoms. The Balaban J connectivity index is 1.26. The van der Waals surface area contributed by atoms with E-state index in [0.29, 0.717) is 28.6 Å². The molecule has 6 aromatic rings. The van der Waals surface area contributed by atoms with Crippen molar-refractivity contribution in [2.24, 2.45) is 5.92 Å². The molecule has 6 aromatic heterocycles. The van der Waals surface area contributed by atoms with Crippen LogP contribution >= 0.6 is 11.3 Å². The summed E-state index contributed by atoms with van der Waals surface area (Å²) >= 11 is 1.73. The fourth-order valence-corrected chi connectivity index (χ4v) is 5.62. The quantitative estimate of drug-likeness (QED) is 0.218. The van der Waals surface area contributed by atoms with Gasteiger partial charge in [0.05, 0.1) is 23.1 Å². The maximum Gasteiger partial charge on any atom is 0.162 e. The van der Waals surface area contributed by atoms with E-state index in [1.165, 1.54) is 11.3 Å². The lowest BCUT2D eigenvalue weighted by molar-refractivity contribution is 0.0851. The number of imidazole rings is 1. The van der Waals surface area contributed by atoms with E-state index < -0.39 is 6.23 Å². The van der Waals surface area contributed by atoms with Crippen molar-refractivity contribution in [3.63, 3.8) is 0 Å². The second-order valence-corrected chi connectivity index (χ2v) is 10.7. The number of hydrogen-bond donors (Lipinski definition) is 4. The minimum atomic E-state index is -0.564. The zero-order valence-corrected chi connectivity index (χ0v) is 20.9. The first kappa shape index (κ1) is 22.1. The Morgan fingerprint density at radius 2 is 2.00 bits per heavy atom. The zero-order valence-electron chi connectivity index (χ0n) is 20.1. The van der Waals surface area contributed by atoms with E-state index in [2.05, 4.69) is 49.5 Å². The van der Waals surface area contributed by atoms with Crippen molar-refractivity contribution in [3.8, 4) is 33.2 Å². The molecule has 1 atom stereocenters. The molecule has 0 aromatic carbocycles. The van der Waals surface area contributed by atoms with Crippen molar-refractivity contribution in [1.82, 2.24) is 35.1 Å². The summed E-state index contributed by atoms with van der Waals surface area (Å²) in [5.41, 5.74) is 7.07. The highest BCUT2D eigenvalue weighted by Gasteiger charge is 2.25. The summed E-state index contributed by atoms with van der Waals surface area (Å²) in [5, 5.41) is 21.2. The topological polar surface area (TPSA) is 128 Å². The predicted molar refractivity (Wildman–Crippen MR) is 145 cm³/mol. The number of nitrogens with zero attached hydrogens (tertiary/aromatic N) is 5. The van der Waals surface area contributed by atoms with Crippen LogP contribution in [0.1, 0.15) is 24.1 Å². The molecule has 1 aliphatic rings. The monoisotopic (exact) mass is 508 g/mol. The molecule has 0 saturated heterocycles. The Morgan fingerprint density at radius 3 is 2.81 bits per heavy atom. The molecule has 7 rings (SSSR count). The van der Waals surface area contributed by atoms with E-state index in [9.17, 15) is 5.11 Å². The van der Waals surface area contributed by atoms with Gasteiger partial charge in [-0.15, -0.1) is 11.3 Å². The average molecular weight is 509 g/mol. The number of nitrogens with one attached hydrogen (secondary N) is 3. The highest BCUT2D eigenvalue weighted by Crippen LogP contribution is 2.34. The molecular weight excluding hydrogens is 484 g/mol. The number of aliphatic hydroxyl groups excluding tert-OH is 1. The molecule has 1 fully saturated rings. The first-order valence-electron chi connectivity index (χ1n) is 12.3. The minimum Gasteiger partial charge on any atom is -0.374 e. The normalized spacial score (nSPS) is 14.8. The van der Waals surface area contributed by atoms with Crippen LogP contribution in [0.5, 0.6) is 0 Å². The van der Waals surface area contributed by atoms with E-state index in [4.69, 9.17) is 9.97 Å². The largest absolute Gasteiger partial charge is 0.374 e. The van der Waals surface area contributed by atoms with Crippen LogP contribution < -0.4 is 5.32 Å². The van der Waals surface area contributed by atoms with Crippen LogP contribution in [0.25, 0.3) is 55.4 Å². The van der Waals surface area contributed by atoms with Crippen molar-refractivity contribution in [2.75, 3.05) is 5.32 Å². The van der Waals surface area contributed by atoms with Gasteiger partial charge in [-0.3, -0.25) is 10.1 Å². The molecule has 1 saturated carbocycles. The number of aromatic amines is 2. The number of aliphatic hydroxyl groups is 1. The maximum absolute atomic E-state index is 10.4. The van der Waals surface area contributed by atoms with Crippen molar-refractivity contribution < 1.29 is 5.11 Å². The van der Waals surface area contributed by atoms with Crippen LogP contribution in [0, 0.1) is 12.8 Å². The molecule has 0 amide bonds. The number of fused-ring (bicyclic) bond motifs is 2. The molecule has 10 heteroatoms. The summed E-state index contributed by atoms with van der Waals surface area (Å²) in [6, 6.07) is 12.1. The number of aromatic nitrogens is 7. The lowest BCUT2D eigenvalue weighted by Gasteiger charge is -2.31. The fourth-order valence-electron chi connectivity index (χ4n) is 4.73. The van der Waals surface area contributed by atoms with Crippen molar-refractivity contribution in [3.05, 3.63) is 59.9 Å². The van der Waals surface area contributed by atoms with Gasteiger partial charge in [0, 0.05) is 39.2 Å². The molecule has 184 valence electrons. The lowest BCUT2D eigenvalue weighted by Crippen LogP contribution is -2.33. The number of thiophene rings is 1. The van der Waals surface area contributed by atoms with Gasteiger partial charge in [-0.2, -0.15) is 5.10 Å². The highest BCUT2D eigenvalue weighted by molar-refractivity contribution is 7.15. The first-order valence-corrected chi connectivity index (χ1v) is 13.1. The zero-order chi connectivity index (χ0) is 24.9. The second kappa shape index (κ2) is 8.75. The molecule has 1 aliphatic carbocycles. The average Bonchev–Trinajstić information content (AvgIpc) is 3.60. The van der Waals surface area contributed by atoms with Crippen LogP contribution in [0.4, 0.5) is 5.69 Å². The third kappa shape index (κ3) is 3.94. The van der Waals surface area contributed by atoms with Crippen LogP contribution in [-0.2, 0) is 0 Å². The van der Waals surface area contributed by atoms with Gasteiger partial charge in [0.2, 0.25) is 0 Å². The third-order valence-electron chi connectivity index (χ3n) is 6.97. The van der Waals surface area contributed by atoms with Crippen molar-refractivity contribution in [2.45, 2.75) is 32.4 Å². The second-order valence-electron chi connectivity index (χ2n) is 9.46. The molecule has 37 heavy (non-hydrogen) atoms. The van der Waals surface area contributed by atoms with Gasteiger partial charge in [0.15, 0.2) is 17.2 Å². The lowest BCUT2D eigenvalue weighted by atomic mass is 9.84. The van der Waals surface area contributed by atoms with Gasteiger partial charge in [-0.25, -0.2) is 15.0 Å². The Bertz CT molecular complexity index is 1750. The van der Waals surface area contributed by atoms with E-state index in [1.807, 2.05) is 24.3 Å². The molecule has 1 unspecified atom stereocenters. The molecule has 4 N–H and O–H groups in total. The third-order valence-corrected chi connectivity index (χ3v) is 8.00. The summed E-state index contributed by atoms with van der Waals surface area (Å²) < 4.78 is 0. The Labute approximate surface area is 216 Å². The van der Waals surface area contributed by atoms with E-state index in [-0.39, 0.29) is 0 Å². The fraction of sp³-hybridized carbons (Fsp3) is 0.222. The predicted octanol–water partition coefficient (Wildman–Crippen LogP) is 5.53. The van der Waals surface area contributed by atoms with Crippen LogP contribution in [0.2, 0.25) is 0 Å². The Morgan fingerprint density at radius 1 is 1.08 bits per heavy atom. The number of anilines is 1. The molecule has 0 aliphatic heterocycles. The van der Waals surface area contributed by atoms with E-state index in [1.54, 1.807) is 29.9 Å². The summed E-state index contributed by atoms with van der Waals surface area (Å²) in [4.78, 5) is 24.4. The molecule has 0 radical (unpaired) electrons. The number of H-pyrrole nitrogens is 2. The van der Waals surface area contributed by atoms with Crippen molar-refractivity contribution >= 4 is 39.2 Å². The van der Waals surface area contributed by atoms with E-state index in [0.717, 1.165) is 51.3 Å². The number of aryl methyl sites for hydroxylation is 1. The van der Waals surface area contributed by atoms with Gasteiger partial charge in [-0.1, -0.05) is 6.42 Å². The highest BCUT2D eigenvalue weighted by atomic mass is 32.1. The van der Waals surface area contributed by atoms with Gasteiger partial charge in [-0.05, 0) is 56.2 Å². The van der Waals surface area contributed by atoms with Crippen LogP contribution in [0.3, 0.4) is 0 Å². The summed E-state index contributed by atoms with van der Waals surface area (Å²) in [5.74, 6) is 0.908. The van der Waals surface area contributed by atoms with E-state index >= 15 is 0 Å². The first-order chi connectivity index (χ1) is 18.1. The smallest absolute Gasteiger partial charge is 0.162 e. The Kier molecular flexibility index (Phi) is 5.22. The summed E-state index contributed by atoms with van der Waals surface area (Å²) in [6.07, 6.45) is 8.00. The number of pyridine rings is 3. The van der Waals surface area contributed by atoms with Gasteiger partial charge < -0.3 is 15.4 Å². The SMILES string of the molecule is Cc1ccc(-c2ccnc3[nH]c(-c4n[nH]c5ccc(-c6cncc(NC(O)C7CCC7)c6)nc45)nc23)s1. The van der Waals surface area contributed by atoms with Crippen molar-refractivity contribution in [1.29, 1.82) is 0 Å².